The number of ether oxygens (including phenoxy) is 5. The summed E-state index contributed by atoms with van der Waals surface area (Å²) in [4.78, 5) is 77.5. The highest BCUT2D eigenvalue weighted by molar-refractivity contribution is 6.23. The standard InChI is InChI=1S/C28H31NO11/c1-7-8-14-20(37-16(3)30)22(38-17(4)31)21-15(2)23(33)27(40-21)25(39-18(5)32)28(36-6,29-26(27)35)24(34)19-12-10-9-11-13-19/h8-14,20,22,25H,7H2,1-6H3,(H,29,35)/b14-8-/t20-,22-,25+,27+,28+/m1/s1. The van der Waals surface area contributed by atoms with Crippen LogP contribution in [0.2, 0.25) is 0 Å². The van der Waals surface area contributed by atoms with Gasteiger partial charge in [0.05, 0.1) is 0 Å². The molecule has 1 amide bonds. The molecule has 0 unspecified atom stereocenters. The van der Waals surface area contributed by atoms with Gasteiger partial charge in [-0.3, -0.25) is 28.8 Å². The number of amides is 1. The van der Waals surface area contributed by atoms with Crippen LogP contribution in [0.1, 0.15) is 51.4 Å². The van der Waals surface area contributed by atoms with Crippen LogP contribution in [-0.4, -0.2) is 72.1 Å². The molecule has 12 heteroatoms. The number of allylic oxidation sites excluding steroid dienone is 1. The molecule has 12 nitrogen and oxygen atoms in total. The van der Waals surface area contributed by atoms with Crippen molar-refractivity contribution >= 4 is 35.4 Å². The van der Waals surface area contributed by atoms with Crippen molar-refractivity contribution in [2.24, 2.45) is 0 Å². The highest BCUT2D eigenvalue weighted by atomic mass is 16.6. The number of esters is 3. The van der Waals surface area contributed by atoms with Gasteiger partial charge >= 0.3 is 17.9 Å². The van der Waals surface area contributed by atoms with E-state index in [1.807, 2.05) is 6.92 Å². The molecule has 2 aliphatic heterocycles. The van der Waals surface area contributed by atoms with Crippen LogP contribution in [0.4, 0.5) is 0 Å². The summed E-state index contributed by atoms with van der Waals surface area (Å²) in [7, 11) is 1.10. The second-order valence-corrected chi connectivity index (χ2v) is 9.18. The van der Waals surface area contributed by atoms with Gasteiger partial charge in [-0.25, -0.2) is 0 Å². The van der Waals surface area contributed by atoms with Crippen LogP contribution < -0.4 is 5.32 Å². The van der Waals surface area contributed by atoms with Crippen molar-refractivity contribution < 1.29 is 52.5 Å². The number of ketones is 2. The zero-order valence-corrected chi connectivity index (χ0v) is 23.0. The predicted octanol–water partition coefficient (Wildman–Crippen LogP) is 1.72. The predicted molar refractivity (Wildman–Crippen MR) is 136 cm³/mol. The number of methoxy groups -OCH3 is 1. The van der Waals surface area contributed by atoms with Crippen molar-refractivity contribution in [1.29, 1.82) is 0 Å². The first-order valence-electron chi connectivity index (χ1n) is 12.5. The van der Waals surface area contributed by atoms with Crippen LogP contribution in [0.5, 0.6) is 0 Å². The Morgan fingerprint density at radius 1 is 1.02 bits per heavy atom. The smallest absolute Gasteiger partial charge is 0.303 e. The zero-order valence-electron chi connectivity index (χ0n) is 23.0. The molecule has 0 saturated carbocycles. The van der Waals surface area contributed by atoms with Gasteiger partial charge in [0.2, 0.25) is 23.4 Å². The van der Waals surface area contributed by atoms with Crippen LogP contribution in [-0.2, 0) is 47.7 Å². The fourth-order valence-electron chi connectivity index (χ4n) is 4.69. The van der Waals surface area contributed by atoms with Gasteiger partial charge in [0.1, 0.15) is 0 Å². The van der Waals surface area contributed by atoms with Crippen LogP contribution in [0.25, 0.3) is 0 Å². The average Bonchev–Trinajstić information content (AvgIpc) is 3.31. The molecule has 214 valence electrons. The summed E-state index contributed by atoms with van der Waals surface area (Å²) in [5.41, 5.74) is -5.07. The van der Waals surface area contributed by atoms with Gasteiger partial charge in [0, 0.05) is 39.0 Å². The van der Waals surface area contributed by atoms with Gasteiger partial charge in [0.15, 0.2) is 18.0 Å². The van der Waals surface area contributed by atoms with E-state index in [1.165, 1.54) is 25.1 Å². The molecule has 1 fully saturated rings. The quantitative estimate of drug-likeness (QED) is 0.147. The molecule has 2 aliphatic rings. The molecule has 3 rings (SSSR count). The summed E-state index contributed by atoms with van der Waals surface area (Å²) in [6, 6.07) is 7.73. The topological polar surface area (TPSA) is 161 Å². The minimum absolute atomic E-state index is 0.0895. The lowest BCUT2D eigenvalue weighted by Crippen LogP contribution is -2.62. The third-order valence-electron chi connectivity index (χ3n) is 6.39. The molecule has 1 aromatic rings. The Kier molecular flexibility index (Phi) is 8.93. The fraction of sp³-hybridized carbons (Fsp3) is 0.429. The summed E-state index contributed by atoms with van der Waals surface area (Å²) in [5, 5.41) is 2.38. The number of Topliss-reactive ketones (excluding diaryl/α,β-unsaturated/α-hetero) is 2. The lowest BCUT2D eigenvalue weighted by Gasteiger charge is -2.35. The van der Waals surface area contributed by atoms with Crippen LogP contribution >= 0.6 is 0 Å². The van der Waals surface area contributed by atoms with E-state index in [9.17, 15) is 28.8 Å². The molecule has 2 heterocycles. The molecule has 5 atom stereocenters. The first-order chi connectivity index (χ1) is 18.8. The molecule has 0 aliphatic carbocycles. The Bertz CT molecular complexity index is 1280. The minimum atomic E-state index is -2.63. The van der Waals surface area contributed by atoms with E-state index in [0.29, 0.717) is 6.42 Å². The fourth-order valence-corrected chi connectivity index (χ4v) is 4.69. The van der Waals surface area contributed by atoms with Crippen LogP contribution in [0.3, 0.4) is 0 Å². The Balaban J connectivity index is 2.19. The Morgan fingerprint density at radius 2 is 1.65 bits per heavy atom. The molecule has 0 radical (unpaired) electrons. The third kappa shape index (κ3) is 5.26. The zero-order chi connectivity index (χ0) is 29.8. The number of carbonyl (C=O) groups is 6. The van der Waals surface area contributed by atoms with Gasteiger partial charge < -0.3 is 29.0 Å². The van der Waals surface area contributed by atoms with Crippen molar-refractivity contribution in [1.82, 2.24) is 5.32 Å². The SMILES string of the molecule is CC/C=C\[C@@H](OC(C)=O)[C@@H](OC(C)=O)C1=C(C)C(=O)[C@@]2(O1)C(=O)N[C@](OC)(C(=O)c1ccccc1)[C@H]2OC(C)=O. The molecular formula is C28H31NO11. The highest BCUT2D eigenvalue weighted by Crippen LogP contribution is 2.46. The number of rotatable bonds is 10. The second kappa shape index (κ2) is 11.8. The van der Waals surface area contributed by atoms with E-state index >= 15 is 0 Å². The number of carbonyl (C=O) groups excluding carboxylic acids is 6. The Morgan fingerprint density at radius 3 is 2.17 bits per heavy atom. The summed E-state index contributed by atoms with van der Waals surface area (Å²) in [5.74, 6) is -5.69. The monoisotopic (exact) mass is 557 g/mol. The summed E-state index contributed by atoms with van der Waals surface area (Å²) in [6.45, 7) is 6.39. The van der Waals surface area contributed by atoms with Crippen LogP contribution in [0, 0.1) is 0 Å². The third-order valence-corrected chi connectivity index (χ3v) is 6.39. The molecule has 1 aromatic carbocycles. The maximum Gasteiger partial charge on any atom is 0.303 e. The first-order valence-corrected chi connectivity index (χ1v) is 12.5. The normalized spacial score (nSPS) is 25.4. The summed E-state index contributed by atoms with van der Waals surface area (Å²) in [6.07, 6.45) is -1.07. The molecule has 1 spiro atoms. The molecule has 1 N–H and O–H groups in total. The Labute approximate surface area is 230 Å². The number of hydrogen-bond donors (Lipinski definition) is 1. The average molecular weight is 558 g/mol. The van der Waals surface area contributed by atoms with Gasteiger partial charge in [-0.2, -0.15) is 0 Å². The summed E-state index contributed by atoms with van der Waals surface area (Å²) >= 11 is 0. The number of hydrogen-bond acceptors (Lipinski definition) is 11. The van der Waals surface area contributed by atoms with Gasteiger partial charge in [-0.15, -0.1) is 0 Å². The van der Waals surface area contributed by atoms with Gasteiger partial charge in [-0.05, 0) is 19.4 Å². The number of nitrogens with one attached hydrogen (secondary N) is 1. The number of benzene rings is 1. The van der Waals surface area contributed by atoms with Crippen molar-refractivity contribution in [3.8, 4) is 0 Å². The van der Waals surface area contributed by atoms with Gasteiger partial charge in [0.25, 0.3) is 11.5 Å². The highest BCUT2D eigenvalue weighted by Gasteiger charge is 2.76. The minimum Gasteiger partial charge on any atom is -0.465 e. The van der Waals surface area contributed by atoms with Crippen molar-refractivity contribution in [3.63, 3.8) is 0 Å². The molecule has 1 saturated heterocycles. The first kappa shape index (κ1) is 30.2. The summed E-state index contributed by atoms with van der Waals surface area (Å²) < 4.78 is 27.7. The molecular weight excluding hydrogens is 526 g/mol. The van der Waals surface area contributed by atoms with E-state index in [4.69, 9.17) is 23.7 Å². The van der Waals surface area contributed by atoms with Crippen molar-refractivity contribution in [2.75, 3.05) is 7.11 Å². The molecule has 0 aromatic heterocycles. The molecule has 40 heavy (non-hydrogen) atoms. The van der Waals surface area contributed by atoms with E-state index < -0.39 is 65.0 Å². The van der Waals surface area contributed by atoms with E-state index in [-0.39, 0.29) is 16.9 Å². The van der Waals surface area contributed by atoms with Crippen molar-refractivity contribution in [3.05, 3.63) is 59.4 Å². The lowest BCUT2D eigenvalue weighted by molar-refractivity contribution is -0.186. The van der Waals surface area contributed by atoms with Crippen molar-refractivity contribution in [2.45, 2.75) is 70.7 Å². The van der Waals surface area contributed by atoms with E-state index in [0.717, 1.165) is 27.9 Å². The lowest BCUT2D eigenvalue weighted by atomic mass is 9.84. The molecule has 0 bridgehead atoms. The maximum absolute atomic E-state index is 13.9. The second-order valence-electron chi connectivity index (χ2n) is 9.18. The Hall–Kier alpha value is -4.32. The van der Waals surface area contributed by atoms with Crippen LogP contribution in [0.15, 0.2) is 53.8 Å². The van der Waals surface area contributed by atoms with E-state index in [1.54, 1.807) is 24.3 Å². The largest absolute Gasteiger partial charge is 0.465 e. The van der Waals surface area contributed by atoms with Gasteiger partial charge in [-0.1, -0.05) is 43.3 Å². The maximum atomic E-state index is 13.9. The van der Waals surface area contributed by atoms with E-state index in [2.05, 4.69) is 5.32 Å².